The molecule has 1 heterocycles. The molecule has 0 saturated heterocycles. The number of halogens is 2. The Labute approximate surface area is 138 Å². The summed E-state index contributed by atoms with van der Waals surface area (Å²) in [6.45, 7) is 1.65. The fourth-order valence-corrected chi connectivity index (χ4v) is 4.51. The van der Waals surface area contributed by atoms with E-state index in [-0.39, 0.29) is 28.4 Å². The Morgan fingerprint density at radius 1 is 1.17 bits per heavy atom. The largest absolute Gasteiger partial charge is 0.294 e. The third-order valence-corrected chi connectivity index (χ3v) is 5.94. The summed E-state index contributed by atoms with van der Waals surface area (Å²) in [5, 5.41) is 0.424. The van der Waals surface area contributed by atoms with Gasteiger partial charge in [0.15, 0.2) is 5.78 Å². The quantitative estimate of drug-likeness (QED) is 0.828. The first-order chi connectivity index (χ1) is 10.8. The molecule has 2 aromatic rings. The van der Waals surface area contributed by atoms with Crippen LogP contribution in [0.4, 0.5) is 10.1 Å². The van der Waals surface area contributed by atoms with E-state index in [0.29, 0.717) is 5.02 Å². The van der Waals surface area contributed by atoms with Crippen molar-refractivity contribution in [2.75, 3.05) is 4.31 Å². The molecule has 1 unspecified atom stereocenters. The van der Waals surface area contributed by atoms with Crippen LogP contribution in [0.3, 0.4) is 0 Å². The minimum Gasteiger partial charge on any atom is -0.294 e. The average molecular weight is 354 g/mol. The molecule has 1 atom stereocenters. The third kappa shape index (κ3) is 2.72. The van der Waals surface area contributed by atoms with Crippen LogP contribution in [-0.2, 0) is 10.0 Å². The zero-order chi connectivity index (χ0) is 16.8. The van der Waals surface area contributed by atoms with E-state index in [0.717, 1.165) is 12.1 Å². The number of hydrogen-bond acceptors (Lipinski definition) is 3. The number of Topliss-reactive ketones (excluding diaryl/α,β-unsaturated/α-hetero) is 1. The van der Waals surface area contributed by atoms with E-state index < -0.39 is 21.9 Å². The molecule has 0 fully saturated rings. The van der Waals surface area contributed by atoms with E-state index in [1.807, 2.05) is 0 Å². The van der Waals surface area contributed by atoms with Crippen LogP contribution < -0.4 is 4.31 Å². The highest BCUT2D eigenvalue weighted by Gasteiger charge is 2.37. The number of nitrogens with zero attached hydrogens (tertiary/aromatic N) is 1. The summed E-state index contributed by atoms with van der Waals surface area (Å²) >= 11 is 5.80. The third-order valence-electron chi connectivity index (χ3n) is 3.75. The van der Waals surface area contributed by atoms with E-state index in [1.54, 1.807) is 6.92 Å². The molecule has 0 bridgehead atoms. The second kappa shape index (κ2) is 5.62. The fraction of sp³-hybridized carbons (Fsp3) is 0.188. The van der Waals surface area contributed by atoms with Crippen LogP contribution in [0.1, 0.15) is 23.7 Å². The number of carbonyl (C=O) groups is 1. The molecule has 3 rings (SSSR count). The van der Waals surface area contributed by atoms with Gasteiger partial charge in [-0.05, 0) is 49.4 Å². The van der Waals surface area contributed by atoms with Crippen molar-refractivity contribution in [1.82, 2.24) is 0 Å². The summed E-state index contributed by atoms with van der Waals surface area (Å²) in [4.78, 5) is 12.2. The number of benzene rings is 2. The second-order valence-electron chi connectivity index (χ2n) is 5.39. The monoisotopic (exact) mass is 353 g/mol. The van der Waals surface area contributed by atoms with E-state index >= 15 is 0 Å². The van der Waals surface area contributed by atoms with Crippen molar-refractivity contribution in [3.8, 4) is 0 Å². The first kappa shape index (κ1) is 16.0. The zero-order valence-corrected chi connectivity index (χ0v) is 13.7. The van der Waals surface area contributed by atoms with E-state index in [4.69, 9.17) is 11.6 Å². The predicted octanol–water partition coefficient (Wildman–Crippen LogP) is 3.65. The van der Waals surface area contributed by atoms with Gasteiger partial charge >= 0.3 is 0 Å². The Balaban J connectivity index is 2.17. The van der Waals surface area contributed by atoms with Crippen LogP contribution in [0.25, 0.3) is 0 Å². The maximum atomic E-state index is 13.4. The first-order valence-corrected chi connectivity index (χ1v) is 8.75. The van der Waals surface area contributed by atoms with Crippen molar-refractivity contribution in [1.29, 1.82) is 0 Å². The summed E-state index contributed by atoms with van der Waals surface area (Å²) in [6.07, 6.45) is 0.00325. The van der Waals surface area contributed by atoms with Gasteiger partial charge in [-0.15, -0.1) is 0 Å². The molecular weight excluding hydrogens is 341 g/mol. The van der Waals surface area contributed by atoms with Crippen molar-refractivity contribution in [3.63, 3.8) is 0 Å². The SMILES string of the molecule is CC1CC(=O)c2cc(F)ccc2N1S(=O)(=O)c1ccc(Cl)cc1. The summed E-state index contributed by atoms with van der Waals surface area (Å²) in [6, 6.07) is 8.78. The molecule has 120 valence electrons. The van der Waals surface area contributed by atoms with Crippen LogP contribution in [0.5, 0.6) is 0 Å². The number of rotatable bonds is 2. The van der Waals surface area contributed by atoms with Crippen molar-refractivity contribution in [2.45, 2.75) is 24.3 Å². The number of anilines is 1. The Bertz CT molecular complexity index is 881. The molecule has 0 aromatic heterocycles. The lowest BCUT2D eigenvalue weighted by Gasteiger charge is -2.35. The smallest absolute Gasteiger partial charge is 0.264 e. The predicted molar refractivity (Wildman–Crippen MR) is 85.9 cm³/mol. The Hall–Kier alpha value is -1.92. The standard InChI is InChI=1S/C16H13ClFNO3S/c1-10-8-16(20)14-9-12(18)4-7-15(14)19(10)23(21,22)13-5-2-11(17)3-6-13/h2-7,9-10H,8H2,1H3. The number of hydrogen-bond donors (Lipinski definition) is 0. The molecule has 1 aliphatic rings. The molecule has 0 aliphatic carbocycles. The summed E-state index contributed by atoms with van der Waals surface area (Å²) in [5.74, 6) is -0.843. The average Bonchev–Trinajstić information content (AvgIpc) is 2.48. The van der Waals surface area contributed by atoms with Crippen LogP contribution >= 0.6 is 11.6 Å². The van der Waals surface area contributed by atoms with E-state index in [9.17, 15) is 17.6 Å². The lowest BCUT2D eigenvalue weighted by atomic mass is 9.97. The molecule has 0 radical (unpaired) electrons. The van der Waals surface area contributed by atoms with Crippen LogP contribution in [0, 0.1) is 5.82 Å². The molecule has 0 amide bonds. The van der Waals surface area contributed by atoms with E-state index in [1.165, 1.54) is 34.6 Å². The minimum atomic E-state index is -3.88. The number of fused-ring (bicyclic) bond motifs is 1. The van der Waals surface area contributed by atoms with Crippen molar-refractivity contribution in [2.24, 2.45) is 0 Å². The lowest BCUT2D eigenvalue weighted by Crippen LogP contribution is -2.43. The highest BCUT2D eigenvalue weighted by molar-refractivity contribution is 7.92. The topological polar surface area (TPSA) is 54.5 Å². The number of carbonyl (C=O) groups excluding carboxylic acids is 1. The van der Waals surface area contributed by atoms with Gasteiger partial charge < -0.3 is 0 Å². The molecule has 0 N–H and O–H groups in total. The molecule has 23 heavy (non-hydrogen) atoms. The van der Waals surface area contributed by atoms with Gasteiger partial charge in [-0.1, -0.05) is 11.6 Å². The van der Waals surface area contributed by atoms with Gasteiger partial charge in [0.1, 0.15) is 5.82 Å². The molecule has 0 saturated carbocycles. The van der Waals surface area contributed by atoms with Gasteiger partial charge in [-0.3, -0.25) is 9.10 Å². The first-order valence-electron chi connectivity index (χ1n) is 6.93. The minimum absolute atomic E-state index is 0.00325. The summed E-state index contributed by atoms with van der Waals surface area (Å²) in [7, 11) is -3.88. The lowest BCUT2D eigenvalue weighted by molar-refractivity contribution is 0.0971. The van der Waals surface area contributed by atoms with Gasteiger partial charge in [0, 0.05) is 23.0 Å². The van der Waals surface area contributed by atoms with Crippen LogP contribution in [0.2, 0.25) is 5.02 Å². The molecule has 0 spiro atoms. The molecule has 7 heteroatoms. The van der Waals surface area contributed by atoms with Gasteiger partial charge in [0.25, 0.3) is 10.0 Å². The zero-order valence-electron chi connectivity index (χ0n) is 12.2. The Kier molecular flexibility index (Phi) is 3.90. The molecule has 4 nitrogen and oxygen atoms in total. The van der Waals surface area contributed by atoms with Crippen molar-refractivity contribution in [3.05, 3.63) is 58.9 Å². The highest BCUT2D eigenvalue weighted by Crippen LogP contribution is 2.35. The maximum absolute atomic E-state index is 13.4. The van der Waals surface area contributed by atoms with Crippen LogP contribution in [-0.4, -0.2) is 20.2 Å². The fourth-order valence-electron chi connectivity index (χ4n) is 2.71. The van der Waals surface area contributed by atoms with Crippen molar-refractivity contribution < 1.29 is 17.6 Å². The normalized spacial score (nSPS) is 18.0. The van der Waals surface area contributed by atoms with Gasteiger partial charge in [0.2, 0.25) is 0 Å². The molecular formula is C16H13ClFNO3S. The second-order valence-corrected chi connectivity index (χ2v) is 7.64. The number of ketones is 1. The van der Waals surface area contributed by atoms with Crippen LogP contribution in [0.15, 0.2) is 47.4 Å². The number of sulfonamides is 1. The highest BCUT2D eigenvalue weighted by atomic mass is 35.5. The van der Waals surface area contributed by atoms with Gasteiger partial charge in [-0.25, -0.2) is 12.8 Å². The summed E-state index contributed by atoms with van der Waals surface area (Å²) in [5.41, 5.74) is 0.283. The van der Waals surface area contributed by atoms with Gasteiger partial charge in [-0.2, -0.15) is 0 Å². The van der Waals surface area contributed by atoms with Crippen molar-refractivity contribution >= 4 is 33.1 Å². The Morgan fingerprint density at radius 3 is 2.48 bits per heavy atom. The molecule has 2 aromatic carbocycles. The van der Waals surface area contributed by atoms with E-state index in [2.05, 4.69) is 0 Å². The Morgan fingerprint density at radius 2 is 1.83 bits per heavy atom. The maximum Gasteiger partial charge on any atom is 0.264 e. The summed E-state index contributed by atoms with van der Waals surface area (Å²) < 4.78 is 40.5. The van der Waals surface area contributed by atoms with Gasteiger partial charge in [0.05, 0.1) is 10.6 Å². The molecule has 1 aliphatic heterocycles.